The average Bonchev–Trinajstić information content (AvgIpc) is 2.58. The molecule has 0 unspecified atom stereocenters. The monoisotopic (exact) mass is 286 g/mol. The number of nitrogens with zero attached hydrogens (tertiary/aromatic N) is 1. The normalized spacial score (nSPS) is 11.4. The lowest BCUT2D eigenvalue weighted by Crippen LogP contribution is -2.06. The number of aryl methyl sites for hydroxylation is 1. The molecule has 108 valence electrons. The van der Waals surface area contributed by atoms with Crippen LogP contribution < -0.4 is 5.84 Å². The first-order valence-corrected chi connectivity index (χ1v) is 7.29. The van der Waals surface area contributed by atoms with Crippen LogP contribution in [0.4, 0.5) is 0 Å². The maximum Gasteiger partial charge on any atom is 0.0971 e. The van der Waals surface area contributed by atoms with Crippen LogP contribution in [0.25, 0.3) is 11.1 Å². The van der Waals surface area contributed by atoms with E-state index in [0.717, 1.165) is 16.8 Å². The minimum absolute atomic E-state index is 0.803. The van der Waals surface area contributed by atoms with Crippen LogP contribution in [0.5, 0.6) is 0 Å². The molecule has 0 aliphatic rings. The van der Waals surface area contributed by atoms with Gasteiger partial charge in [-0.3, -0.25) is 0 Å². The van der Waals surface area contributed by atoms with E-state index < -0.39 is 0 Å². The van der Waals surface area contributed by atoms with Gasteiger partial charge >= 0.3 is 0 Å². The Labute approximate surface area is 130 Å². The zero-order valence-corrected chi connectivity index (χ0v) is 12.5. The SMILES string of the molecule is Cc1ccccc1-c1ccc(C(=NN)c2ccccc2)cc1. The molecule has 22 heavy (non-hydrogen) atoms. The summed E-state index contributed by atoms with van der Waals surface area (Å²) in [5.74, 6) is 5.60. The van der Waals surface area contributed by atoms with Gasteiger partial charge in [-0.1, -0.05) is 78.9 Å². The Morgan fingerprint density at radius 2 is 1.32 bits per heavy atom. The Hall–Kier alpha value is -2.87. The van der Waals surface area contributed by atoms with Crippen molar-refractivity contribution in [2.45, 2.75) is 6.92 Å². The van der Waals surface area contributed by atoms with Gasteiger partial charge in [0, 0.05) is 11.1 Å². The van der Waals surface area contributed by atoms with Gasteiger partial charge in [0.05, 0.1) is 5.71 Å². The summed E-state index contributed by atoms with van der Waals surface area (Å²) in [5, 5.41) is 3.97. The largest absolute Gasteiger partial charge is 0.323 e. The van der Waals surface area contributed by atoms with Crippen molar-refractivity contribution in [1.29, 1.82) is 0 Å². The van der Waals surface area contributed by atoms with E-state index in [4.69, 9.17) is 5.84 Å². The number of hydrogen-bond acceptors (Lipinski definition) is 2. The highest BCUT2D eigenvalue weighted by Crippen LogP contribution is 2.24. The Kier molecular flexibility index (Phi) is 4.01. The van der Waals surface area contributed by atoms with Crippen LogP contribution >= 0.6 is 0 Å². The third-order valence-corrected chi connectivity index (χ3v) is 3.79. The van der Waals surface area contributed by atoms with Gasteiger partial charge in [-0.2, -0.15) is 5.10 Å². The highest BCUT2D eigenvalue weighted by molar-refractivity contribution is 6.12. The molecule has 2 nitrogen and oxygen atoms in total. The van der Waals surface area contributed by atoms with Gasteiger partial charge in [-0.25, -0.2) is 0 Å². The number of hydrogen-bond donors (Lipinski definition) is 1. The molecule has 0 atom stereocenters. The van der Waals surface area contributed by atoms with Crippen LogP contribution in [0.1, 0.15) is 16.7 Å². The second-order valence-corrected chi connectivity index (χ2v) is 5.24. The van der Waals surface area contributed by atoms with Crippen LogP contribution in [0.2, 0.25) is 0 Å². The molecule has 0 aliphatic heterocycles. The molecule has 2 N–H and O–H groups in total. The summed E-state index contributed by atoms with van der Waals surface area (Å²) >= 11 is 0. The van der Waals surface area contributed by atoms with Gasteiger partial charge in [0.1, 0.15) is 0 Å². The van der Waals surface area contributed by atoms with E-state index in [1.807, 2.05) is 30.3 Å². The molecule has 2 heteroatoms. The van der Waals surface area contributed by atoms with Crippen LogP contribution in [0.3, 0.4) is 0 Å². The van der Waals surface area contributed by atoms with Crippen LogP contribution in [-0.4, -0.2) is 5.71 Å². The summed E-state index contributed by atoms with van der Waals surface area (Å²) in [4.78, 5) is 0. The summed E-state index contributed by atoms with van der Waals surface area (Å²) in [6.45, 7) is 2.12. The predicted molar refractivity (Wildman–Crippen MR) is 92.9 cm³/mol. The lowest BCUT2D eigenvalue weighted by molar-refractivity contribution is 1.24. The first-order chi connectivity index (χ1) is 10.8. The van der Waals surface area contributed by atoms with Gasteiger partial charge < -0.3 is 5.84 Å². The first kappa shape index (κ1) is 14.1. The minimum atomic E-state index is 0.803. The number of rotatable bonds is 3. The van der Waals surface area contributed by atoms with Crippen molar-refractivity contribution in [2.75, 3.05) is 0 Å². The summed E-state index contributed by atoms with van der Waals surface area (Å²) in [5.41, 5.74) is 6.56. The Morgan fingerprint density at radius 3 is 1.95 bits per heavy atom. The van der Waals surface area contributed by atoms with Crippen LogP contribution in [0.15, 0.2) is 84.0 Å². The van der Waals surface area contributed by atoms with E-state index >= 15 is 0 Å². The molecule has 3 rings (SSSR count). The summed E-state index contributed by atoms with van der Waals surface area (Å²) in [7, 11) is 0. The smallest absolute Gasteiger partial charge is 0.0971 e. The molecule has 0 saturated heterocycles. The first-order valence-electron chi connectivity index (χ1n) is 7.29. The van der Waals surface area contributed by atoms with E-state index in [2.05, 4.69) is 60.6 Å². The molecule has 0 aliphatic carbocycles. The molecule has 0 aromatic heterocycles. The second kappa shape index (κ2) is 6.27. The van der Waals surface area contributed by atoms with Gasteiger partial charge in [-0.05, 0) is 23.6 Å². The van der Waals surface area contributed by atoms with E-state index in [1.54, 1.807) is 0 Å². The zero-order chi connectivity index (χ0) is 15.4. The second-order valence-electron chi connectivity index (χ2n) is 5.24. The van der Waals surface area contributed by atoms with Crippen molar-refractivity contribution < 1.29 is 0 Å². The molecule has 0 spiro atoms. The van der Waals surface area contributed by atoms with E-state index in [-0.39, 0.29) is 0 Å². The summed E-state index contributed by atoms with van der Waals surface area (Å²) in [6.07, 6.45) is 0. The number of nitrogens with two attached hydrogens (primary N) is 1. The number of benzene rings is 3. The van der Waals surface area contributed by atoms with Gasteiger partial charge in [0.2, 0.25) is 0 Å². The van der Waals surface area contributed by atoms with Crippen molar-refractivity contribution >= 4 is 5.71 Å². The fourth-order valence-corrected chi connectivity index (χ4v) is 2.62. The molecule has 0 fully saturated rings. The van der Waals surface area contributed by atoms with Gasteiger partial charge in [0.15, 0.2) is 0 Å². The topological polar surface area (TPSA) is 38.4 Å². The summed E-state index contributed by atoms with van der Waals surface area (Å²) in [6, 6.07) is 26.7. The van der Waals surface area contributed by atoms with Crippen molar-refractivity contribution in [3.63, 3.8) is 0 Å². The van der Waals surface area contributed by atoms with Crippen molar-refractivity contribution in [1.82, 2.24) is 0 Å². The van der Waals surface area contributed by atoms with Crippen molar-refractivity contribution in [3.05, 3.63) is 95.6 Å². The number of hydrazone groups is 1. The molecular formula is C20H18N2. The van der Waals surface area contributed by atoms with Crippen molar-refractivity contribution in [3.8, 4) is 11.1 Å². The minimum Gasteiger partial charge on any atom is -0.323 e. The molecule has 0 bridgehead atoms. The maximum absolute atomic E-state index is 5.60. The zero-order valence-electron chi connectivity index (χ0n) is 12.5. The Bertz CT molecular complexity index is 787. The molecule has 0 amide bonds. The fourth-order valence-electron chi connectivity index (χ4n) is 2.62. The van der Waals surface area contributed by atoms with Crippen LogP contribution in [-0.2, 0) is 0 Å². The highest BCUT2D eigenvalue weighted by atomic mass is 15.1. The van der Waals surface area contributed by atoms with Gasteiger partial charge in [0.25, 0.3) is 0 Å². The van der Waals surface area contributed by atoms with E-state index in [1.165, 1.54) is 16.7 Å². The third kappa shape index (κ3) is 2.77. The standard InChI is InChI=1S/C20H18N2/c1-15-7-5-6-10-19(15)16-11-13-18(14-12-16)20(22-21)17-8-3-2-4-9-17/h2-14H,21H2,1H3. The lowest BCUT2D eigenvalue weighted by Gasteiger charge is -2.09. The molecule has 0 radical (unpaired) electrons. The molecule has 3 aromatic rings. The average molecular weight is 286 g/mol. The summed E-state index contributed by atoms with van der Waals surface area (Å²) < 4.78 is 0. The van der Waals surface area contributed by atoms with Gasteiger partial charge in [-0.15, -0.1) is 0 Å². The van der Waals surface area contributed by atoms with E-state index in [9.17, 15) is 0 Å². The molecule has 0 heterocycles. The lowest BCUT2D eigenvalue weighted by atomic mass is 9.97. The predicted octanol–water partition coefficient (Wildman–Crippen LogP) is 4.37. The maximum atomic E-state index is 5.60. The van der Waals surface area contributed by atoms with E-state index in [0.29, 0.717) is 0 Å². The molecule has 3 aromatic carbocycles. The molecular weight excluding hydrogens is 268 g/mol. The Morgan fingerprint density at radius 1 is 0.727 bits per heavy atom. The quantitative estimate of drug-likeness (QED) is 0.433. The molecule has 0 saturated carbocycles. The van der Waals surface area contributed by atoms with Crippen molar-refractivity contribution in [2.24, 2.45) is 10.9 Å². The highest BCUT2D eigenvalue weighted by Gasteiger charge is 2.07. The Balaban J connectivity index is 1.96. The fraction of sp³-hybridized carbons (Fsp3) is 0.0500. The van der Waals surface area contributed by atoms with Crippen LogP contribution in [0, 0.1) is 6.92 Å². The third-order valence-electron chi connectivity index (χ3n) is 3.79.